The third-order valence-electron chi connectivity index (χ3n) is 3.01. The standard InChI is InChI=1S/C12H5F17O4/c1-2-4(30)31-3-5(13,8(17,18)19)32-12(28,29)7(16,10(23,24)25)33-11(26,27)6(14,15)9(20,21)22/h2H,1,3H2/t5-,7+/m1/s1. The highest BCUT2D eigenvalue weighted by Crippen LogP contribution is 2.56. The first kappa shape index (κ1) is 30.9. The van der Waals surface area contributed by atoms with E-state index in [1.165, 1.54) is 4.74 Å². The van der Waals surface area contributed by atoms with Gasteiger partial charge in [0.1, 0.15) is 0 Å². The van der Waals surface area contributed by atoms with Gasteiger partial charge in [-0.25, -0.2) is 4.79 Å². The molecule has 33 heavy (non-hydrogen) atoms. The van der Waals surface area contributed by atoms with Crippen LogP contribution in [0.1, 0.15) is 0 Å². The normalized spacial score (nSPS) is 18.3. The average molecular weight is 536 g/mol. The van der Waals surface area contributed by atoms with E-state index < -0.39 is 61.0 Å². The molecule has 0 saturated carbocycles. The first-order chi connectivity index (χ1) is 14.1. The van der Waals surface area contributed by atoms with Crippen LogP contribution in [0.3, 0.4) is 0 Å². The highest BCUT2D eigenvalue weighted by molar-refractivity contribution is 5.81. The predicted molar refractivity (Wildman–Crippen MR) is 64.0 cm³/mol. The third-order valence-corrected chi connectivity index (χ3v) is 3.01. The molecule has 0 aliphatic heterocycles. The number of carbonyl (C=O) groups excluding carboxylic acids is 1. The Kier molecular flexibility index (Phi) is 8.08. The van der Waals surface area contributed by atoms with Crippen LogP contribution >= 0.6 is 0 Å². The van der Waals surface area contributed by atoms with Crippen molar-refractivity contribution in [1.82, 2.24) is 0 Å². The summed E-state index contributed by atoms with van der Waals surface area (Å²) in [6.07, 6.45) is -38.2. The average Bonchev–Trinajstić information content (AvgIpc) is 2.55. The number of alkyl halides is 17. The molecule has 0 aliphatic rings. The Balaban J connectivity index is 6.57. The van der Waals surface area contributed by atoms with Crippen LogP contribution in [0.5, 0.6) is 0 Å². The van der Waals surface area contributed by atoms with Gasteiger partial charge in [-0.2, -0.15) is 74.6 Å². The monoisotopic (exact) mass is 536 g/mol. The van der Waals surface area contributed by atoms with Crippen molar-refractivity contribution in [2.45, 2.75) is 48.4 Å². The molecule has 0 spiro atoms. The topological polar surface area (TPSA) is 44.8 Å². The Morgan fingerprint density at radius 3 is 1.36 bits per heavy atom. The van der Waals surface area contributed by atoms with Gasteiger partial charge in [-0.15, -0.1) is 0 Å². The van der Waals surface area contributed by atoms with E-state index in [-0.39, 0.29) is 6.08 Å². The van der Waals surface area contributed by atoms with Crippen LogP contribution in [0.2, 0.25) is 0 Å². The maximum absolute atomic E-state index is 13.8. The number of esters is 1. The van der Waals surface area contributed by atoms with E-state index in [4.69, 9.17) is 0 Å². The molecular weight excluding hydrogens is 531 g/mol. The Morgan fingerprint density at radius 2 is 1.06 bits per heavy atom. The van der Waals surface area contributed by atoms with Gasteiger partial charge < -0.3 is 4.74 Å². The zero-order chi connectivity index (χ0) is 27.1. The van der Waals surface area contributed by atoms with Crippen LogP contribution in [-0.4, -0.2) is 61.0 Å². The van der Waals surface area contributed by atoms with Crippen molar-refractivity contribution in [2.75, 3.05) is 6.61 Å². The molecule has 0 N–H and O–H groups in total. The number of ether oxygens (including phenoxy) is 3. The summed E-state index contributed by atoms with van der Waals surface area (Å²) < 4.78 is 224. The Labute approximate surface area is 168 Å². The zero-order valence-electron chi connectivity index (χ0n) is 14.5. The molecule has 2 atom stereocenters. The van der Waals surface area contributed by atoms with Crippen molar-refractivity contribution >= 4 is 5.97 Å². The summed E-state index contributed by atoms with van der Waals surface area (Å²) in [6, 6.07) is 0. The van der Waals surface area contributed by atoms with E-state index >= 15 is 0 Å². The molecule has 21 heteroatoms. The van der Waals surface area contributed by atoms with Crippen molar-refractivity contribution in [3.8, 4) is 0 Å². The summed E-state index contributed by atoms with van der Waals surface area (Å²) in [5, 5.41) is 0. The van der Waals surface area contributed by atoms with Gasteiger partial charge in [0.15, 0.2) is 6.61 Å². The summed E-state index contributed by atoms with van der Waals surface area (Å²) in [5.41, 5.74) is 0. The lowest BCUT2D eigenvalue weighted by atomic mass is 10.2. The van der Waals surface area contributed by atoms with Crippen molar-refractivity contribution in [3.05, 3.63) is 12.7 Å². The summed E-state index contributed by atoms with van der Waals surface area (Å²) in [7, 11) is 0. The smallest absolute Gasteiger partial charge is 0.456 e. The van der Waals surface area contributed by atoms with Crippen LogP contribution in [0, 0.1) is 0 Å². The molecule has 0 bridgehead atoms. The molecule has 0 heterocycles. The first-order valence-electron chi connectivity index (χ1n) is 7.03. The van der Waals surface area contributed by atoms with Gasteiger partial charge in [0, 0.05) is 6.08 Å². The molecule has 196 valence electrons. The lowest BCUT2D eigenvalue weighted by molar-refractivity contribution is -0.552. The molecule has 0 fully saturated rings. The molecule has 0 radical (unpaired) electrons. The van der Waals surface area contributed by atoms with E-state index in [1.807, 2.05) is 4.74 Å². The fourth-order valence-electron chi connectivity index (χ4n) is 1.35. The first-order valence-corrected chi connectivity index (χ1v) is 7.03. The molecule has 0 aromatic carbocycles. The number of carbonyl (C=O) groups is 1. The second-order valence-corrected chi connectivity index (χ2v) is 5.44. The van der Waals surface area contributed by atoms with Gasteiger partial charge in [-0.05, 0) is 0 Å². The molecule has 0 saturated heterocycles. The molecule has 4 nitrogen and oxygen atoms in total. The van der Waals surface area contributed by atoms with Crippen LogP contribution in [0.25, 0.3) is 0 Å². The van der Waals surface area contributed by atoms with Crippen LogP contribution < -0.4 is 0 Å². The quantitative estimate of drug-likeness (QED) is 0.219. The van der Waals surface area contributed by atoms with Crippen molar-refractivity contribution in [1.29, 1.82) is 0 Å². The van der Waals surface area contributed by atoms with E-state index in [1.54, 1.807) is 0 Å². The molecular formula is C12H5F17O4. The maximum Gasteiger partial charge on any atom is 0.462 e. The summed E-state index contributed by atoms with van der Waals surface area (Å²) in [4.78, 5) is 10.6. The van der Waals surface area contributed by atoms with Gasteiger partial charge in [-0.1, -0.05) is 6.58 Å². The minimum absolute atomic E-state index is 0.0764. The largest absolute Gasteiger partial charge is 0.462 e. The van der Waals surface area contributed by atoms with Gasteiger partial charge in [-0.3, -0.25) is 9.47 Å². The maximum atomic E-state index is 13.8. The molecule has 0 rings (SSSR count). The molecule has 0 aliphatic carbocycles. The van der Waals surface area contributed by atoms with Gasteiger partial charge in [0.25, 0.3) is 0 Å². The van der Waals surface area contributed by atoms with E-state index in [0.717, 1.165) is 0 Å². The fraction of sp³-hybridized carbons (Fsp3) is 0.750. The van der Waals surface area contributed by atoms with E-state index in [9.17, 15) is 79.4 Å². The van der Waals surface area contributed by atoms with Crippen molar-refractivity contribution in [2.24, 2.45) is 0 Å². The van der Waals surface area contributed by atoms with Crippen molar-refractivity contribution < 1.29 is 93.6 Å². The van der Waals surface area contributed by atoms with Gasteiger partial charge in [0.05, 0.1) is 0 Å². The minimum atomic E-state index is -7.98. The summed E-state index contributed by atoms with van der Waals surface area (Å²) in [6.45, 7) is -0.684. The minimum Gasteiger partial charge on any atom is -0.456 e. The van der Waals surface area contributed by atoms with E-state index in [0.29, 0.717) is 0 Å². The third kappa shape index (κ3) is 5.90. The second-order valence-electron chi connectivity index (χ2n) is 5.44. The Hall–Kier alpha value is -2.06. The predicted octanol–water partition coefficient (Wildman–Crippen LogP) is 5.59. The summed E-state index contributed by atoms with van der Waals surface area (Å²) in [5.74, 6) is -24.3. The van der Waals surface area contributed by atoms with Gasteiger partial charge >= 0.3 is 54.3 Å². The lowest BCUT2D eigenvalue weighted by Crippen LogP contribution is -2.67. The highest BCUT2D eigenvalue weighted by Gasteiger charge is 2.85. The van der Waals surface area contributed by atoms with Crippen LogP contribution in [-0.2, 0) is 19.0 Å². The van der Waals surface area contributed by atoms with Crippen molar-refractivity contribution in [3.63, 3.8) is 0 Å². The highest BCUT2D eigenvalue weighted by atomic mass is 19.4. The van der Waals surface area contributed by atoms with Crippen LogP contribution in [0.4, 0.5) is 74.6 Å². The second kappa shape index (κ2) is 8.62. The molecule has 0 aromatic rings. The Bertz CT molecular complexity index is 723. The number of rotatable bonds is 9. The SMILES string of the molecule is C=CC(=O)OC[C@@](F)(OC(F)(F)[C@@](F)(OC(F)(F)C(F)(F)C(F)(F)F)C(F)(F)F)C(F)(F)F. The Morgan fingerprint density at radius 1 is 0.636 bits per heavy atom. The van der Waals surface area contributed by atoms with Crippen LogP contribution in [0.15, 0.2) is 12.7 Å². The molecule has 0 unspecified atom stereocenters. The number of halogens is 17. The molecule has 0 amide bonds. The van der Waals surface area contributed by atoms with E-state index in [2.05, 4.69) is 11.3 Å². The van der Waals surface area contributed by atoms with Gasteiger partial charge in [0.2, 0.25) is 0 Å². The lowest BCUT2D eigenvalue weighted by Gasteiger charge is -2.40. The molecule has 0 aromatic heterocycles. The fourth-order valence-corrected chi connectivity index (χ4v) is 1.35. The number of hydrogen-bond donors (Lipinski definition) is 0. The zero-order valence-corrected chi connectivity index (χ0v) is 14.5. The summed E-state index contributed by atoms with van der Waals surface area (Å²) >= 11 is 0. The number of hydrogen-bond acceptors (Lipinski definition) is 4.